The van der Waals surface area contributed by atoms with Gasteiger partial charge in [0, 0.05) is 20.1 Å². The van der Waals surface area contributed by atoms with Crippen LogP contribution in [0.25, 0.3) is 0 Å². The molecule has 0 spiro atoms. The van der Waals surface area contributed by atoms with Crippen LogP contribution in [0.4, 0.5) is 0 Å². The smallest absolute Gasteiger partial charge is 0.222 e. The Morgan fingerprint density at radius 2 is 2.13 bits per heavy atom. The molecule has 1 atom stereocenters. The highest BCUT2D eigenvalue weighted by molar-refractivity contribution is 5.76. The van der Waals surface area contributed by atoms with Gasteiger partial charge >= 0.3 is 0 Å². The second kappa shape index (κ2) is 8.68. The molecule has 0 heterocycles. The molecular weight excluding hydrogens is 192 g/mol. The Bertz CT molecular complexity index is 174. The number of rotatable bonds is 8. The molecule has 1 amide bonds. The molecule has 0 aliphatic rings. The Morgan fingerprint density at radius 3 is 2.60 bits per heavy atom. The summed E-state index contributed by atoms with van der Waals surface area (Å²) >= 11 is 0. The maximum atomic E-state index is 11.8. The Balaban J connectivity index is 3.97. The second-order valence-electron chi connectivity index (χ2n) is 3.73. The van der Waals surface area contributed by atoms with Crippen molar-refractivity contribution in [3.63, 3.8) is 0 Å². The maximum absolute atomic E-state index is 11.8. The van der Waals surface area contributed by atoms with E-state index in [0.29, 0.717) is 19.6 Å². The number of hydrogen-bond donors (Lipinski definition) is 1. The van der Waals surface area contributed by atoms with E-state index in [1.807, 2.05) is 18.7 Å². The first kappa shape index (κ1) is 14.4. The minimum absolute atomic E-state index is 0.158. The van der Waals surface area contributed by atoms with E-state index in [-0.39, 0.29) is 11.9 Å². The van der Waals surface area contributed by atoms with Crippen molar-refractivity contribution in [1.82, 2.24) is 4.90 Å². The molecule has 15 heavy (non-hydrogen) atoms. The van der Waals surface area contributed by atoms with Crippen molar-refractivity contribution in [3.05, 3.63) is 0 Å². The predicted molar refractivity (Wildman–Crippen MR) is 61.6 cm³/mol. The van der Waals surface area contributed by atoms with Crippen LogP contribution in [0.15, 0.2) is 0 Å². The van der Waals surface area contributed by atoms with Crippen LogP contribution in [0.2, 0.25) is 0 Å². The number of ether oxygens (including phenoxy) is 1. The number of carbonyl (C=O) groups is 1. The van der Waals surface area contributed by atoms with E-state index < -0.39 is 0 Å². The topological polar surface area (TPSA) is 55.6 Å². The normalized spacial score (nSPS) is 12.5. The fraction of sp³-hybridized carbons (Fsp3) is 0.909. The van der Waals surface area contributed by atoms with Gasteiger partial charge in [-0.3, -0.25) is 4.79 Å². The first-order valence-electron chi connectivity index (χ1n) is 5.65. The number of nitrogens with two attached hydrogens (primary N) is 1. The molecule has 0 rings (SSSR count). The van der Waals surface area contributed by atoms with Crippen molar-refractivity contribution >= 4 is 5.91 Å². The van der Waals surface area contributed by atoms with Crippen molar-refractivity contribution in [3.8, 4) is 0 Å². The van der Waals surface area contributed by atoms with Crippen molar-refractivity contribution in [2.24, 2.45) is 5.73 Å². The van der Waals surface area contributed by atoms with Crippen LogP contribution in [0.1, 0.15) is 33.1 Å². The molecule has 0 saturated carbocycles. The quantitative estimate of drug-likeness (QED) is 0.616. The molecule has 0 saturated heterocycles. The van der Waals surface area contributed by atoms with E-state index in [2.05, 4.69) is 0 Å². The summed E-state index contributed by atoms with van der Waals surface area (Å²) in [5.74, 6) is 0.204. The first-order valence-corrected chi connectivity index (χ1v) is 5.65. The van der Waals surface area contributed by atoms with Crippen LogP contribution in [-0.4, -0.2) is 43.7 Å². The minimum atomic E-state index is 0.158. The molecule has 4 nitrogen and oxygen atoms in total. The van der Waals surface area contributed by atoms with Gasteiger partial charge in [-0.15, -0.1) is 0 Å². The predicted octanol–water partition coefficient (Wildman–Crippen LogP) is 0.999. The SMILES string of the molecule is CCN(C(=O)CCCCN)C(C)COC. The van der Waals surface area contributed by atoms with E-state index in [1.165, 1.54) is 0 Å². The fourth-order valence-corrected chi connectivity index (χ4v) is 1.63. The van der Waals surface area contributed by atoms with Gasteiger partial charge in [0.1, 0.15) is 0 Å². The zero-order valence-electron chi connectivity index (χ0n) is 10.2. The van der Waals surface area contributed by atoms with Gasteiger partial charge in [0.15, 0.2) is 0 Å². The number of hydrogen-bond acceptors (Lipinski definition) is 3. The standard InChI is InChI=1S/C11H24N2O2/c1-4-13(10(2)9-15-3)11(14)7-5-6-8-12/h10H,4-9,12H2,1-3H3. The molecule has 1 unspecified atom stereocenters. The molecule has 0 fully saturated rings. The van der Waals surface area contributed by atoms with Crippen LogP contribution in [0, 0.1) is 0 Å². The van der Waals surface area contributed by atoms with Gasteiger partial charge in [0.05, 0.1) is 12.6 Å². The van der Waals surface area contributed by atoms with Crippen molar-refractivity contribution in [2.45, 2.75) is 39.2 Å². The van der Waals surface area contributed by atoms with E-state index in [9.17, 15) is 4.79 Å². The van der Waals surface area contributed by atoms with Gasteiger partial charge in [-0.1, -0.05) is 0 Å². The molecule has 4 heteroatoms. The number of methoxy groups -OCH3 is 1. The number of likely N-dealkylation sites (N-methyl/N-ethyl adjacent to an activating group) is 1. The third-order valence-electron chi connectivity index (χ3n) is 2.45. The molecule has 0 aromatic carbocycles. The molecule has 0 aromatic rings. The average Bonchev–Trinajstić information content (AvgIpc) is 2.19. The number of carbonyl (C=O) groups excluding carboxylic acids is 1. The zero-order chi connectivity index (χ0) is 11.7. The summed E-state index contributed by atoms with van der Waals surface area (Å²) in [6.45, 7) is 6.00. The number of unbranched alkanes of at least 4 members (excludes halogenated alkanes) is 1. The molecule has 0 aliphatic heterocycles. The summed E-state index contributed by atoms with van der Waals surface area (Å²) in [5, 5.41) is 0. The summed E-state index contributed by atoms with van der Waals surface area (Å²) in [6.07, 6.45) is 2.40. The van der Waals surface area contributed by atoms with Crippen LogP contribution < -0.4 is 5.73 Å². The van der Waals surface area contributed by atoms with Gasteiger partial charge in [-0.25, -0.2) is 0 Å². The van der Waals surface area contributed by atoms with Crippen LogP contribution in [0.5, 0.6) is 0 Å². The van der Waals surface area contributed by atoms with Gasteiger partial charge in [-0.05, 0) is 33.2 Å². The van der Waals surface area contributed by atoms with E-state index in [4.69, 9.17) is 10.5 Å². The third-order valence-corrected chi connectivity index (χ3v) is 2.45. The van der Waals surface area contributed by atoms with Crippen LogP contribution in [-0.2, 0) is 9.53 Å². The van der Waals surface area contributed by atoms with Crippen molar-refractivity contribution in [1.29, 1.82) is 0 Å². The van der Waals surface area contributed by atoms with Crippen LogP contribution >= 0.6 is 0 Å². The number of nitrogens with zero attached hydrogens (tertiary/aromatic N) is 1. The van der Waals surface area contributed by atoms with E-state index >= 15 is 0 Å². The molecule has 2 N–H and O–H groups in total. The zero-order valence-corrected chi connectivity index (χ0v) is 10.2. The van der Waals surface area contributed by atoms with Gasteiger partial charge in [-0.2, -0.15) is 0 Å². The lowest BCUT2D eigenvalue weighted by Gasteiger charge is -2.27. The first-order chi connectivity index (χ1) is 7.17. The average molecular weight is 216 g/mol. The summed E-state index contributed by atoms with van der Waals surface area (Å²) < 4.78 is 5.05. The van der Waals surface area contributed by atoms with Crippen molar-refractivity contribution < 1.29 is 9.53 Å². The highest BCUT2D eigenvalue weighted by atomic mass is 16.5. The van der Waals surface area contributed by atoms with Crippen molar-refractivity contribution in [2.75, 3.05) is 26.8 Å². The summed E-state index contributed by atoms with van der Waals surface area (Å²) in [5.41, 5.74) is 5.39. The molecule has 90 valence electrons. The summed E-state index contributed by atoms with van der Waals surface area (Å²) in [7, 11) is 1.66. The van der Waals surface area contributed by atoms with E-state index in [1.54, 1.807) is 7.11 Å². The minimum Gasteiger partial charge on any atom is -0.383 e. The Labute approximate surface area is 92.8 Å². The van der Waals surface area contributed by atoms with Gasteiger partial charge < -0.3 is 15.4 Å². The fourth-order valence-electron chi connectivity index (χ4n) is 1.63. The summed E-state index contributed by atoms with van der Waals surface area (Å²) in [6, 6.07) is 0.158. The molecule has 0 aliphatic carbocycles. The Hall–Kier alpha value is -0.610. The third kappa shape index (κ3) is 5.74. The molecule has 0 radical (unpaired) electrons. The molecule has 0 bridgehead atoms. The lowest BCUT2D eigenvalue weighted by Crippen LogP contribution is -2.40. The van der Waals surface area contributed by atoms with Gasteiger partial charge in [0.25, 0.3) is 0 Å². The van der Waals surface area contributed by atoms with Crippen LogP contribution in [0.3, 0.4) is 0 Å². The largest absolute Gasteiger partial charge is 0.383 e. The molecular formula is C11H24N2O2. The Morgan fingerprint density at radius 1 is 1.47 bits per heavy atom. The lowest BCUT2D eigenvalue weighted by molar-refractivity contribution is -0.134. The number of amides is 1. The molecule has 0 aromatic heterocycles. The lowest BCUT2D eigenvalue weighted by atomic mass is 10.2. The summed E-state index contributed by atoms with van der Waals surface area (Å²) in [4.78, 5) is 13.7. The Kier molecular flexibility index (Phi) is 8.33. The monoisotopic (exact) mass is 216 g/mol. The second-order valence-corrected chi connectivity index (χ2v) is 3.73. The highest BCUT2D eigenvalue weighted by Crippen LogP contribution is 2.05. The highest BCUT2D eigenvalue weighted by Gasteiger charge is 2.17. The van der Waals surface area contributed by atoms with E-state index in [0.717, 1.165) is 19.4 Å². The maximum Gasteiger partial charge on any atom is 0.222 e. The van der Waals surface area contributed by atoms with Gasteiger partial charge in [0.2, 0.25) is 5.91 Å².